The van der Waals surface area contributed by atoms with Crippen LogP contribution in [-0.4, -0.2) is 68.3 Å². The second-order valence-corrected chi connectivity index (χ2v) is 5.69. The van der Waals surface area contributed by atoms with Gasteiger partial charge in [0.15, 0.2) is 0 Å². The molecule has 2 N–H and O–H groups in total. The van der Waals surface area contributed by atoms with Crippen molar-refractivity contribution in [3.05, 3.63) is 0 Å². The molecule has 2 saturated heterocycles. The molecule has 0 aromatic rings. The molecule has 0 aliphatic carbocycles. The quantitative estimate of drug-likeness (QED) is 0.761. The molecular formula is C14H29N3O. The van der Waals surface area contributed by atoms with Crippen molar-refractivity contribution in [3.63, 3.8) is 0 Å². The zero-order chi connectivity index (χ0) is 12.8. The van der Waals surface area contributed by atoms with Crippen LogP contribution in [-0.2, 0) is 4.74 Å². The molecule has 0 aromatic carbocycles. The topological polar surface area (TPSA) is 41.7 Å². The third-order valence-electron chi connectivity index (χ3n) is 4.57. The summed E-state index contributed by atoms with van der Waals surface area (Å²) < 4.78 is 5.43. The highest BCUT2D eigenvalue weighted by Gasteiger charge is 2.28. The van der Waals surface area contributed by atoms with Crippen molar-refractivity contribution in [2.45, 2.75) is 32.2 Å². The fourth-order valence-corrected chi connectivity index (χ4v) is 3.11. The van der Waals surface area contributed by atoms with E-state index in [2.05, 4.69) is 16.7 Å². The molecule has 2 rings (SSSR count). The van der Waals surface area contributed by atoms with E-state index < -0.39 is 0 Å². The van der Waals surface area contributed by atoms with E-state index in [-0.39, 0.29) is 0 Å². The number of hydrogen-bond donors (Lipinski definition) is 1. The van der Waals surface area contributed by atoms with Crippen LogP contribution in [0, 0.1) is 5.92 Å². The number of likely N-dealkylation sites (tertiary alicyclic amines) is 1. The van der Waals surface area contributed by atoms with Gasteiger partial charge in [-0.25, -0.2) is 0 Å². The SMILES string of the molecule is CCC(CN)CCN1CCC(N2CCOCC2)C1. The summed E-state index contributed by atoms with van der Waals surface area (Å²) in [5, 5.41) is 0. The van der Waals surface area contributed by atoms with E-state index in [1.807, 2.05) is 0 Å². The van der Waals surface area contributed by atoms with E-state index in [4.69, 9.17) is 10.5 Å². The Morgan fingerprint density at radius 3 is 2.72 bits per heavy atom. The van der Waals surface area contributed by atoms with E-state index in [0.29, 0.717) is 5.92 Å². The third kappa shape index (κ3) is 3.92. The molecule has 0 bridgehead atoms. The zero-order valence-electron chi connectivity index (χ0n) is 11.8. The number of ether oxygens (including phenoxy) is 1. The first-order valence-electron chi connectivity index (χ1n) is 7.57. The molecule has 0 radical (unpaired) electrons. The largest absolute Gasteiger partial charge is 0.379 e. The second-order valence-electron chi connectivity index (χ2n) is 5.69. The molecule has 0 spiro atoms. The van der Waals surface area contributed by atoms with Crippen molar-refractivity contribution in [1.82, 2.24) is 9.80 Å². The lowest BCUT2D eigenvalue weighted by atomic mass is 10.0. The smallest absolute Gasteiger partial charge is 0.0594 e. The van der Waals surface area contributed by atoms with Gasteiger partial charge in [0.05, 0.1) is 13.2 Å². The molecule has 0 saturated carbocycles. The van der Waals surface area contributed by atoms with Crippen LogP contribution in [0.15, 0.2) is 0 Å². The molecule has 4 nitrogen and oxygen atoms in total. The van der Waals surface area contributed by atoms with Crippen LogP contribution >= 0.6 is 0 Å². The van der Waals surface area contributed by atoms with Crippen molar-refractivity contribution in [2.75, 3.05) is 52.5 Å². The highest BCUT2D eigenvalue weighted by Crippen LogP contribution is 2.18. The molecule has 2 fully saturated rings. The van der Waals surface area contributed by atoms with Gasteiger partial charge in [0.1, 0.15) is 0 Å². The van der Waals surface area contributed by atoms with E-state index >= 15 is 0 Å². The Hall–Kier alpha value is -0.160. The predicted octanol–water partition coefficient (Wildman–Crippen LogP) is 0.768. The first-order chi connectivity index (χ1) is 8.83. The fraction of sp³-hybridized carbons (Fsp3) is 1.00. The Morgan fingerprint density at radius 2 is 2.06 bits per heavy atom. The summed E-state index contributed by atoms with van der Waals surface area (Å²) in [6.45, 7) is 10.9. The van der Waals surface area contributed by atoms with Gasteiger partial charge in [0.2, 0.25) is 0 Å². The third-order valence-corrected chi connectivity index (χ3v) is 4.57. The van der Waals surface area contributed by atoms with Crippen molar-refractivity contribution >= 4 is 0 Å². The van der Waals surface area contributed by atoms with E-state index in [1.165, 1.54) is 38.9 Å². The van der Waals surface area contributed by atoms with E-state index in [9.17, 15) is 0 Å². The predicted molar refractivity (Wildman–Crippen MR) is 74.7 cm³/mol. The number of nitrogens with two attached hydrogens (primary N) is 1. The Kier molecular flexibility index (Phi) is 5.89. The molecule has 2 aliphatic heterocycles. The van der Waals surface area contributed by atoms with Crippen molar-refractivity contribution in [2.24, 2.45) is 11.7 Å². The lowest BCUT2D eigenvalue weighted by molar-refractivity contribution is 0.0184. The van der Waals surface area contributed by atoms with Gasteiger partial charge in [0.25, 0.3) is 0 Å². The summed E-state index contributed by atoms with van der Waals surface area (Å²) in [5.41, 5.74) is 5.77. The van der Waals surface area contributed by atoms with Gasteiger partial charge in [-0.1, -0.05) is 13.3 Å². The van der Waals surface area contributed by atoms with Crippen LogP contribution in [0.1, 0.15) is 26.2 Å². The summed E-state index contributed by atoms with van der Waals surface area (Å²) in [4.78, 5) is 5.24. The molecular weight excluding hydrogens is 226 g/mol. The molecule has 0 aromatic heterocycles. The Labute approximate surface area is 111 Å². The number of rotatable bonds is 6. The van der Waals surface area contributed by atoms with Crippen LogP contribution in [0.2, 0.25) is 0 Å². The lowest BCUT2D eigenvalue weighted by Crippen LogP contribution is -2.44. The van der Waals surface area contributed by atoms with E-state index in [0.717, 1.165) is 38.9 Å². The monoisotopic (exact) mass is 255 g/mol. The van der Waals surface area contributed by atoms with Gasteiger partial charge >= 0.3 is 0 Å². The molecule has 18 heavy (non-hydrogen) atoms. The van der Waals surface area contributed by atoms with Gasteiger partial charge < -0.3 is 15.4 Å². The maximum absolute atomic E-state index is 5.77. The number of morpholine rings is 1. The summed E-state index contributed by atoms with van der Waals surface area (Å²) >= 11 is 0. The highest BCUT2D eigenvalue weighted by atomic mass is 16.5. The zero-order valence-corrected chi connectivity index (χ0v) is 11.8. The van der Waals surface area contributed by atoms with Gasteiger partial charge in [-0.05, 0) is 38.4 Å². The molecule has 4 heteroatoms. The molecule has 2 heterocycles. The maximum Gasteiger partial charge on any atom is 0.0594 e. The minimum Gasteiger partial charge on any atom is -0.379 e. The molecule has 2 aliphatic rings. The molecule has 2 unspecified atom stereocenters. The average Bonchev–Trinajstić information content (AvgIpc) is 2.90. The van der Waals surface area contributed by atoms with Gasteiger partial charge in [0, 0.05) is 25.7 Å². The fourth-order valence-electron chi connectivity index (χ4n) is 3.11. The second kappa shape index (κ2) is 7.43. The van der Waals surface area contributed by atoms with Crippen molar-refractivity contribution < 1.29 is 4.74 Å². The van der Waals surface area contributed by atoms with Crippen molar-refractivity contribution in [3.8, 4) is 0 Å². The summed E-state index contributed by atoms with van der Waals surface area (Å²) in [5.74, 6) is 0.715. The van der Waals surface area contributed by atoms with Crippen LogP contribution in [0.5, 0.6) is 0 Å². The summed E-state index contributed by atoms with van der Waals surface area (Å²) in [6.07, 6.45) is 3.82. The maximum atomic E-state index is 5.77. The first-order valence-corrected chi connectivity index (χ1v) is 7.57. The van der Waals surface area contributed by atoms with Crippen LogP contribution in [0.4, 0.5) is 0 Å². The standard InChI is InChI=1S/C14H29N3O/c1-2-13(11-15)3-5-16-6-4-14(12-16)17-7-9-18-10-8-17/h13-14H,2-12,15H2,1H3. The first kappa shape index (κ1) is 14.3. The Balaban J connectivity index is 1.67. The lowest BCUT2D eigenvalue weighted by Gasteiger charge is -2.32. The number of nitrogens with zero attached hydrogens (tertiary/aromatic N) is 2. The van der Waals surface area contributed by atoms with Gasteiger partial charge in [-0.2, -0.15) is 0 Å². The van der Waals surface area contributed by atoms with Gasteiger partial charge in [-0.3, -0.25) is 4.90 Å². The van der Waals surface area contributed by atoms with Crippen LogP contribution in [0.25, 0.3) is 0 Å². The number of hydrogen-bond acceptors (Lipinski definition) is 4. The normalized spacial score (nSPS) is 28.7. The molecule has 0 amide bonds. The molecule has 2 atom stereocenters. The van der Waals surface area contributed by atoms with Crippen molar-refractivity contribution in [1.29, 1.82) is 0 Å². The van der Waals surface area contributed by atoms with Crippen LogP contribution < -0.4 is 5.73 Å². The van der Waals surface area contributed by atoms with Crippen LogP contribution in [0.3, 0.4) is 0 Å². The highest BCUT2D eigenvalue weighted by molar-refractivity contribution is 4.84. The van der Waals surface area contributed by atoms with Gasteiger partial charge in [-0.15, -0.1) is 0 Å². The van der Waals surface area contributed by atoms with E-state index in [1.54, 1.807) is 0 Å². The summed E-state index contributed by atoms with van der Waals surface area (Å²) in [7, 11) is 0. The Morgan fingerprint density at radius 1 is 1.28 bits per heavy atom. The minimum atomic E-state index is 0.715. The minimum absolute atomic E-state index is 0.715. The average molecular weight is 255 g/mol. The molecule has 106 valence electrons. The Bertz CT molecular complexity index is 227. The summed E-state index contributed by atoms with van der Waals surface area (Å²) in [6, 6.07) is 0.770.